The van der Waals surface area contributed by atoms with E-state index in [0.29, 0.717) is 31.0 Å². The van der Waals surface area contributed by atoms with Crippen LogP contribution >= 0.6 is 0 Å². The summed E-state index contributed by atoms with van der Waals surface area (Å²) < 4.78 is 6.85. The second kappa shape index (κ2) is 8.45. The molecule has 1 saturated heterocycles. The Bertz CT molecular complexity index is 1070. The van der Waals surface area contributed by atoms with Crippen LogP contribution in [0.4, 0.5) is 5.69 Å². The van der Waals surface area contributed by atoms with E-state index in [-0.39, 0.29) is 17.7 Å². The molecule has 0 radical (unpaired) electrons. The zero-order valence-corrected chi connectivity index (χ0v) is 16.4. The van der Waals surface area contributed by atoms with Gasteiger partial charge in [-0.15, -0.1) is 0 Å². The molecule has 1 aliphatic heterocycles. The Hall–Kier alpha value is -3.19. The summed E-state index contributed by atoms with van der Waals surface area (Å²) in [5.74, 6) is -0.585. The lowest BCUT2D eigenvalue weighted by molar-refractivity contribution is 0.0524. The molecule has 29 heavy (non-hydrogen) atoms. The van der Waals surface area contributed by atoms with Crippen LogP contribution in [0, 0.1) is 0 Å². The van der Waals surface area contributed by atoms with Crippen molar-refractivity contribution in [1.82, 2.24) is 14.9 Å². The number of esters is 1. The fraction of sp³-hybridized carbons (Fsp3) is 0.318. The zero-order valence-electron chi connectivity index (χ0n) is 16.4. The number of hydrogen-bond acceptors (Lipinski definition) is 6. The molecule has 1 fully saturated rings. The molecule has 1 aromatic carbocycles. The monoisotopic (exact) mass is 392 g/mol. The highest BCUT2D eigenvalue weighted by atomic mass is 16.5. The van der Waals surface area contributed by atoms with Crippen LogP contribution in [-0.4, -0.2) is 48.3 Å². The van der Waals surface area contributed by atoms with Crippen LogP contribution in [0.3, 0.4) is 0 Å². The summed E-state index contributed by atoms with van der Waals surface area (Å²) in [7, 11) is 0. The van der Waals surface area contributed by atoms with Crippen molar-refractivity contribution in [3.8, 4) is 0 Å². The molecule has 0 atom stereocenters. The maximum Gasteiger partial charge on any atom is 0.345 e. The Morgan fingerprint density at radius 3 is 2.62 bits per heavy atom. The van der Waals surface area contributed by atoms with Gasteiger partial charge in [-0.1, -0.05) is 30.3 Å². The van der Waals surface area contributed by atoms with Crippen LogP contribution in [0.5, 0.6) is 0 Å². The molecule has 3 heterocycles. The molecule has 4 rings (SSSR count). The Morgan fingerprint density at radius 1 is 1.14 bits per heavy atom. The third kappa shape index (κ3) is 3.73. The lowest BCUT2D eigenvalue weighted by Crippen LogP contribution is -2.45. The van der Waals surface area contributed by atoms with Crippen LogP contribution in [0.1, 0.15) is 22.8 Å². The van der Waals surface area contributed by atoms with Crippen molar-refractivity contribution in [3.05, 3.63) is 70.1 Å². The molecule has 0 saturated carbocycles. The molecule has 1 aliphatic rings. The first-order valence-electron chi connectivity index (χ1n) is 9.89. The van der Waals surface area contributed by atoms with Gasteiger partial charge in [0.15, 0.2) is 0 Å². The number of anilines is 1. The van der Waals surface area contributed by atoms with Gasteiger partial charge in [-0.3, -0.25) is 9.36 Å². The molecule has 2 aromatic heterocycles. The fourth-order valence-electron chi connectivity index (χ4n) is 3.78. The van der Waals surface area contributed by atoms with Gasteiger partial charge in [0.05, 0.1) is 18.8 Å². The normalized spacial score (nSPS) is 14.2. The summed E-state index contributed by atoms with van der Waals surface area (Å²) in [6.07, 6.45) is 1.68. The average molecular weight is 392 g/mol. The number of piperazine rings is 1. The lowest BCUT2D eigenvalue weighted by Gasteiger charge is -2.32. The molecule has 7 nitrogen and oxygen atoms in total. The van der Waals surface area contributed by atoms with Crippen molar-refractivity contribution in [1.29, 1.82) is 0 Å². The minimum atomic E-state index is -0.585. The zero-order chi connectivity index (χ0) is 20.2. The molecular formula is C22H24N4O3. The molecule has 0 aliphatic carbocycles. The Labute approximate surface area is 168 Å². The van der Waals surface area contributed by atoms with Crippen molar-refractivity contribution in [3.63, 3.8) is 0 Å². The number of hydrogen-bond donors (Lipinski definition) is 1. The molecule has 0 amide bonds. The molecule has 0 unspecified atom stereocenters. The molecule has 0 spiro atoms. The second-order valence-electron chi connectivity index (χ2n) is 6.93. The summed E-state index contributed by atoms with van der Waals surface area (Å²) >= 11 is 0. The number of benzene rings is 1. The minimum Gasteiger partial charge on any atom is -0.462 e. The summed E-state index contributed by atoms with van der Waals surface area (Å²) in [5.41, 5.74) is 1.88. The van der Waals surface area contributed by atoms with E-state index in [1.807, 2.05) is 42.5 Å². The van der Waals surface area contributed by atoms with Gasteiger partial charge in [-0.05, 0) is 24.6 Å². The van der Waals surface area contributed by atoms with Crippen LogP contribution < -0.4 is 15.8 Å². The smallest absolute Gasteiger partial charge is 0.345 e. The number of aromatic nitrogens is 2. The van der Waals surface area contributed by atoms with Gasteiger partial charge in [0.25, 0.3) is 5.56 Å². The third-order valence-electron chi connectivity index (χ3n) is 5.09. The maximum absolute atomic E-state index is 13.5. The van der Waals surface area contributed by atoms with Gasteiger partial charge in [0.2, 0.25) is 0 Å². The number of nitrogens with zero attached hydrogens (tertiary/aromatic N) is 3. The summed E-state index contributed by atoms with van der Waals surface area (Å²) in [4.78, 5) is 33.0. The average Bonchev–Trinajstić information content (AvgIpc) is 2.76. The predicted molar refractivity (Wildman–Crippen MR) is 113 cm³/mol. The van der Waals surface area contributed by atoms with Crippen molar-refractivity contribution in [2.45, 2.75) is 13.5 Å². The minimum absolute atomic E-state index is 0.0881. The highest BCUT2D eigenvalue weighted by Crippen LogP contribution is 2.29. The van der Waals surface area contributed by atoms with Crippen LogP contribution in [0.2, 0.25) is 0 Å². The molecule has 3 aromatic rings. The van der Waals surface area contributed by atoms with Crippen molar-refractivity contribution in [2.24, 2.45) is 0 Å². The molecule has 0 bridgehead atoms. The highest BCUT2D eigenvalue weighted by Gasteiger charge is 2.28. The van der Waals surface area contributed by atoms with Gasteiger partial charge in [0, 0.05) is 37.8 Å². The number of nitrogens with one attached hydrogen (secondary N) is 1. The van der Waals surface area contributed by atoms with Gasteiger partial charge < -0.3 is 15.0 Å². The van der Waals surface area contributed by atoms with Gasteiger partial charge in [0.1, 0.15) is 11.2 Å². The highest BCUT2D eigenvalue weighted by molar-refractivity contribution is 6.04. The first kappa shape index (κ1) is 19.1. The lowest BCUT2D eigenvalue weighted by atomic mass is 10.1. The number of fused-ring (bicyclic) bond motifs is 1. The summed E-state index contributed by atoms with van der Waals surface area (Å²) in [6, 6.07) is 13.4. The van der Waals surface area contributed by atoms with E-state index in [1.165, 1.54) is 0 Å². The molecular weight excluding hydrogens is 368 g/mol. The van der Waals surface area contributed by atoms with Crippen LogP contribution in [-0.2, 0) is 11.3 Å². The Morgan fingerprint density at radius 2 is 1.90 bits per heavy atom. The number of pyridine rings is 2. The number of ether oxygens (including phenoxy) is 1. The van der Waals surface area contributed by atoms with Gasteiger partial charge in [-0.2, -0.15) is 0 Å². The molecule has 1 N–H and O–H groups in total. The molecule has 150 valence electrons. The third-order valence-corrected chi connectivity index (χ3v) is 5.09. The first-order chi connectivity index (χ1) is 14.2. The van der Waals surface area contributed by atoms with E-state index >= 15 is 0 Å². The SMILES string of the molecule is CCOC(=O)c1c(N2CCNCC2)c2cccnc2n(Cc2ccccc2)c1=O. The topological polar surface area (TPSA) is 76.5 Å². The predicted octanol–water partition coefficient (Wildman–Crippen LogP) is 2.03. The maximum atomic E-state index is 13.5. The largest absolute Gasteiger partial charge is 0.462 e. The summed E-state index contributed by atoms with van der Waals surface area (Å²) in [5, 5.41) is 4.09. The van der Waals surface area contributed by atoms with E-state index in [1.54, 1.807) is 17.7 Å². The Kier molecular flexibility index (Phi) is 5.57. The molecule has 7 heteroatoms. The van der Waals surface area contributed by atoms with Crippen LogP contribution in [0.15, 0.2) is 53.5 Å². The quantitative estimate of drug-likeness (QED) is 0.670. The van der Waals surface area contributed by atoms with Gasteiger partial charge in [-0.25, -0.2) is 9.78 Å². The fourth-order valence-corrected chi connectivity index (χ4v) is 3.78. The first-order valence-corrected chi connectivity index (χ1v) is 9.89. The summed E-state index contributed by atoms with van der Waals surface area (Å²) in [6.45, 7) is 5.28. The van der Waals surface area contributed by atoms with E-state index < -0.39 is 5.97 Å². The van der Waals surface area contributed by atoms with E-state index in [2.05, 4.69) is 15.2 Å². The van der Waals surface area contributed by atoms with E-state index in [4.69, 9.17) is 4.74 Å². The number of rotatable bonds is 5. The van der Waals surface area contributed by atoms with Crippen molar-refractivity contribution in [2.75, 3.05) is 37.7 Å². The van der Waals surface area contributed by atoms with E-state index in [9.17, 15) is 9.59 Å². The van der Waals surface area contributed by atoms with E-state index in [0.717, 1.165) is 24.0 Å². The number of carbonyl (C=O) groups excluding carboxylic acids is 1. The number of carbonyl (C=O) groups is 1. The Balaban J connectivity index is 1.98. The van der Waals surface area contributed by atoms with Gasteiger partial charge >= 0.3 is 5.97 Å². The van der Waals surface area contributed by atoms with Crippen LogP contribution in [0.25, 0.3) is 11.0 Å². The van der Waals surface area contributed by atoms with Crippen molar-refractivity contribution < 1.29 is 9.53 Å². The second-order valence-corrected chi connectivity index (χ2v) is 6.93. The standard InChI is InChI=1S/C22H24N4O3/c1-2-29-22(28)18-19(25-13-11-23-12-14-25)17-9-6-10-24-20(17)26(21(18)27)15-16-7-4-3-5-8-16/h3-10,23H,2,11-15H2,1H3. The van der Waals surface area contributed by atoms with Crippen molar-refractivity contribution >= 4 is 22.7 Å².